The highest BCUT2D eigenvalue weighted by molar-refractivity contribution is 5.95. The fourth-order valence-corrected chi connectivity index (χ4v) is 3.39. The highest BCUT2D eigenvalue weighted by Crippen LogP contribution is 2.36. The molecule has 2 aliphatic rings. The van der Waals surface area contributed by atoms with Crippen molar-refractivity contribution in [2.75, 3.05) is 0 Å². The number of nitrogens with one attached hydrogen (secondary N) is 1. The Bertz CT molecular complexity index is 563. The lowest BCUT2D eigenvalue weighted by Gasteiger charge is -2.31. The number of hydrogen-bond donors (Lipinski definition) is 1. The van der Waals surface area contributed by atoms with Crippen molar-refractivity contribution in [3.8, 4) is 6.07 Å². The van der Waals surface area contributed by atoms with E-state index in [1.807, 2.05) is 18.2 Å². The third kappa shape index (κ3) is 2.95. The Morgan fingerprint density at radius 3 is 2.57 bits per heavy atom. The molecule has 2 fully saturated rings. The molecule has 0 spiro atoms. The molecule has 0 heterocycles. The second-order valence-electron chi connectivity index (χ2n) is 6.46. The van der Waals surface area contributed by atoms with Crippen LogP contribution in [0.4, 0.5) is 0 Å². The van der Waals surface area contributed by atoms with Gasteiger partial charge in [0, 0.05) is 5.56 Å². The maximum atomic E-state index is 12.5. The minimum atomic E-state index is -0.651. The predicted molar refractivity (Wildman–Crippen MR) is 81.9 cm³/mol. The summed E-state index contributed by atoms with van der Waals surface area (Å²) in [4.78, 5) is 12.5. The first kappa shape index (κ1) is 14.1. The molecule has 0 bridgehead atoms. The molecule has 3 rings (SSSR count). The monoisotopic (exact) mass is 282 g/mol. The van der Waals surface area contributed by atoms with Crippen molar-refractivity contribution in [3.05, 3.63) is 35.4 Å². The number of amides is 1. The average Bonchev–Trinajstić information content (AvgIpc) is 2.47. The Kier molecular flexibility index (Phi) is 3.96. The van der Waals surface area contributed by atoms with Crippen molar-refractivity contribution in [1.82, 2.24) is 5.32 Å². The summed E-state index contributed by atoms with van der Waals surface area (Å²) in [5, 5.41) is 12.5. The van der Waals surface area contributed by atoms with E-state index < -0.39 is 5.54 Å². The second-order valence-corrected chi connectivity index (χ2v) is 6.46. The van der Waals surface area contributed by atoms with Crippen LogP contribution in [0.1, 0.15) is 73.2 Å². The quantitative estimate of drug-likeness (QED) is 0.913. The van der Waals surface area contributed by atoms with Crippen molar-refractivity contribution in [3.63, 3.8) is 0 Å². The predicted octanol–water partition coefficient (Wildman–Crippen LogP) is 3.91. The van der Waals surface area contributed by atoms with Crippen LogP contribution in [0.2, 0.25) is 0 Å². The van der Waals surface area contributed by atoms with Gasteiger partial charge in [0.1, 0.15) is 5.54 Å². The smallest absolute Gasteiger partial charge is 0.252 e. The number of carbonyl (C=O) groups excluding carboxylic acids is 1. The molecule has 0 aliphatic heterocycles. The highest BCUT2D eigenvalue weighted by Gasteiger charge is 2.34. The number of nitrogens with zero attached hydrogens (tertiary/aromatic N) is 1. The second kappa shape index (κ2) is 5.89. The minimum Gasteiger partial charge on any atom is -0.334 e. The fraction of sp³-hybridized carbons (Fsp3) is 0.556. The summed E-state index contributed by atoms with van der Waals surface area (Å²) in [6, 6.07) is 10.3. The summed E-state index contributed by atoms with van der Waals surface area (Å²) in [7, 11) is 0. The Morgan fingerprint density at radius 2 is 1.95 bits per heavy atom. The largest absolute Gasteiger partial charge is 0.334 e. The van der Waals surface area contributed by atoms with Crippen LogP contribution >= 0.6 is 0 Å². The Morgan fingerprint density at radius 1 is 1.19 bits per heavy atom. The molecular formula is C18H22N2O. The molecule has 3 heteroatoms. The number of hydrogen-bond acceptors (Lipinski definition) is 2. The van der Waals surface area contributed by atoms with Crippen LogP contribution in [0.3, 0.4) is 0 Å². The molecule has 1 aromatic carbocycles. The Balaban J connectivity index is 1.74. The van der Waals surface area contributed by atoms with Gasteiger partial charge in [-0.2, -0.15) is 5.26 Å². The fourth-order valence-electron chi connectivity index (χ4n) is 3.39. The van der Waals surface area contributed by atoms with E-state index in [4.69, 9.17) is 0 Å². The van der Waals surface area contributed by atoms with E-state index in [2.05, 4.69) is 17.5 Å². The minimum absolute atomic E-state index is 0.0976. The maximum absolute atomic E-state index is 12.5. The van der Waals surface area contributed by atoms with Crippen molar-refractivity contribution < 1.29 is 4.79 Å². The summed E-state index contributed by atoms with van der Waals surface area (Å²) >= 11 is 0. The van der Waals surface area contributed by atoms with Crippen LogP contribution in [0.15, 0.2) is 24.3 Å². The van der Waals surface area contributed by atoms with Crippen molar-refractivity contribution in [2.24, 2.45) is 0 Å². The molecule has 0 atom stereocenters. The number of nitriles is 1. The van der Waals surface area contributed by atoms with Crippen LogP contribution in [0, 0.1) is 11.3 Å². The van der Waals surface area contributed by atoms with Gasteiger partial charge in [-0.3, -0.25) is 4.79 Å². The first-order valence-electron chi connectivity index (χ1n) is 8.06. The van der Waals surface area contributed by atoms with Crippen LogP contribution in [-0.2, 0) is 0 Å². The van der Waals surface area contributed by atoms with E-state index in [9.17, 15) is 10.1 Å². The molecule has 1 aromatic rings. The van der Waals surface area contributed by atoms with Gasteiger partial charge in [-0.15, -0.1) is 0 Å². The van der Waals surface area contributed by atoms with E-state index in [-0.39, 0.29) is 5.91 Å². The van der Waals surface area contributed by atoms with Crippen molar-refractivity contribution in [1.29, 1.82) is 5.26 Å². The van der Waals surface area contributed by atoms with Gasteiger partial charge >= 0.3 is 0 Å². The molecule has 21 heavy (non-hydrogen) atoms. The van der Waals surface area contributed by atoms with Crippen LogP contribution < -0.4 is 5.32 Å². The van der Waals surface area contributed by atoms with Gasteiger partial charge in [0.15, 0.2) is 0 Å². The third-order valence-corrected chi connectivity index (χ3v) is 5.00. The summed E-state index contributed by atoms with van der Waals surface area (Å²) in [5.41, 5.74) is 1.31. The molecule has 0 unspecified atom stereocenters. The molecule has 1 amide bonds. The lowest BCUT2D eigenvalue weighted by molar-refractivity contribution is 0.0902. The summed E-state index contributed by atoms with van der Waals surface area (Å²) < 4.78 is 0. The van der Waals surface area contributed by atoms with Gasteiger partial charge in [0.25, 0.3) is 5.91 Å². The van der Waals surface area contributed by atoms with Gasteiger partial charge in [-0.05, 0) is 49.3 Å². The zero-order valence-corrected chi connectivity index (χ0v) is 12.4. The number of benzene rings is 1. The van der Waals surface area contributed by atoms with Gasteiger partial charge in [0.2, 0.25) is 0 Å². The van der Waals surface area contributed by atoms with Crippen molar-refractivity contribution >= 4 is 5.91 Å². The first-order valence-corrected chi connectivity index (χ1v) is 8.06. The van der Waals surface area contributed by atoms with Gasteiger partial charge in [-0.1, -0.05) is 37.8 Å². The van der Waals surface area contributed by atoms with Crippen LogP contribution in [-0.4, -0.2) is 11.4 Å². The van der Waals surface area contributed by atoms with Crippen molar-refractivity contribution in [2.45, 2.75) is 62.8 Å². The third-order valence-electron chi connectivity index (χ3n) is 5.00. The molecule has 3 nitrogen and oxygen atoms in total. The normalized spacial score (nSPS) is 21.1. The van der Waals surface area contributed by atoms with E-state index in [0.29, 0.717) is 11.5 Å². The van der Waals surface area contributed by atoms with Gasteiger partial charge < -0.3 is 5.32 Å². The Labute approximate surface area is 126 Å². The summed E-state index contributed by atoms with van der Waals surface area (Å²) in [5.74, 6) is 0.525. The average molecular weight is 282 g/mol. The van der Waals surface area contributed by atoms with E-state index in [0.717, 1.165) is 32.1 Å². The zero-order valence-electron chi connectivity index (χ0n) is 12.4. The lowest BCUT2D eigenvalue weighted by atomic mass is 9.79. The Hall–Kier alpha value is -1.82. The maximum Gasteiger partial charge on any atom is 0.252 e. The standard InChI is InChI=1S/C18H22N2O/c19-13-18(10-2-1-3-11-18)20-17(21)16-9-5-8-15(12-16)14-6-4-7-14/h5,8-9,12,14H,1-4,6-7,10-11H2,(H,20,21). The van der Waals surface area contributed by atoms with Crippen LogP contribution in [0.25, 0.3) is 0 Å². The summed E-state index contributed by atoms with van der Waals surface area (Å²) in [6.45, 7) is 0. The molecule has 2 aliphatic carbocycles. The molecule has 0 saturated heterocycles. The SMILES string of the molecule is N#CC1(NC(=O)c2cccc(C3CCC3)c2)CCCCC1. The number of rotatable bonds is 3. The van der Waals surface area contributed by atoms with E-state index >= 15 is 0 Å². The van der Waals surface area contributed by atoms with Gasteiger partial charge in [0.05, 0.1) is 6.07 Å². The lowest BCUT2D eigenvalue weighted by Crippen LogP contribution is -2.48. The molecular weight excluding hydrogens is 260 g/mol. The molecule has 2 saturated carbocycles. The highest BCUT2D eigenvalue weighted by atomic mass is 16.1. The topological polar surface area (TPSA) is 52.9 Å². The molecule has 0 aromatic heterocycles. The zero-order chi connectivity index (χ0) is 14.7. The number of carbonyl (C=O) groups is 1. The molecule has 0 radical (unpaired) electrons. The summed E-state index contributed by atoms with van der Waals surface area (Å²) in [6.07, 6.45) is 8.51. The molecule has 1 N–H and O–H groups in total. The molecule has 110 valence electrons. The van der Waals surface area contributed by atoms with Gasteiger partial charge in [-0.25, -0.2) is 0 Å². The van der Waals surface area contributed by atoms with Crippen LogP contribution in [0.5, 0.6) is 0 Å². The van der Waals surface area contributed by atoms with E-state index in [1.54, 1.807) is 0 Å². The first-order chi connectivity index (χ1) is 10.2. The van der Waals surface area contributed by atoms with E-state index in [1.165, 1.54) is 24.8 Å².